The third kappa shape index (κ3) is 4.22. The minimum atomic E-state index is -0.843. The van der Waals surface area contributed by atoms with Gasteiger partial charge in [-0.3, -0.25) is 14.6 Å². The van der Waals surface area contributed by atoms with Crippen LogP contribution < -0.4 is 10.6 Å². The second kappa shape index (κ2) is 8.52. The average Bonchev–Trinajstić information content (AvgIpc) is 2.74. The summed E-state index contributed by atoms with van der Waals surface area (Å²) >= 11 is 0. The van der Waals surface area contributed by atoms with Crippen molar-refractivity contribution in [2.24, 2.45) is 0 Å². The molecule has 1 aliphatic carbocycles. The standard InChI is InChI=1S/C22H27N3O3/c1-15(26)18-10-7-11-19(24-18)16-8-6-9-17(14-16)20(27)25-22(21(28)23-2)12-4-3-5-13-22/h6-11,14-15,26H,3-5,12-13H2,1-2H3,(H,23,28)(H,25,27)/t15-/m0/s1. The van der Waals surface area contributed by atoms with Crippen molar-refractivity contribution in [3.05, 3.63) is 53.7 Å². The number of amides is 2. The van der Waals surface area contributed by atoms with Crippen LogP contribution in [0.1, 0.15) is 61.2 Å². The van der Waals surface area contributed by atoms with E-state index in [0.717, 1.165) is 24.8 Å². The highest BCUT2D eigenvalue weighted by molar-refractivity contribution is 6.00. The Balaban J connectivity index is 1.86. The Bertz CT molecular complexity index is 858. The highest BCUT2D eigenvalue weighted by Crippen LogP contribution is 2.29. The number of nitrogens with one attached hydrogen (secondary N) is 2. The number of rotatable bonds is 5. The van der Waals surface area contributed by atoms with Crippen molar-refractivity contribution in [1.29, 1.82) is 0 Å². The van der Waals surface area contributed by atoms with Gasteiger partial charge in [0, 0.05) is 18.2 Å². The number of carbonyl (C=O) groups is 2. The van der Waals surface area contributed by atoms with Gasteiger partial charge in [-0.2, -0.15) is 0 Å². The van der Waals surface area contributed by atoms with Crippen LogP contribution in [0.25, 0.3) is 11.3 Å². The quantitative estimate of drug-likeness (QED) is 0.743. The number of benzene rings is 1. The monoisotopic (exact) mass is 381 g/mol. The maximum Gasteiger partial charge on any atom is 0.252 e. The van der Waals surface area contributed by atoms with Gasteiger partial charge < -0.3 is 15.7 Å². The molecule has 148 valence electrons. The number of nitrogens with zero attached hydrogens (tertiary/aromatic N) is 1. The van der Waals surface area contributed by atoms with Crippen molar-refractivity contribution in [2.45, 2.75) is 50.7 Å². The number of aromatic nitrogens is 1. The minimum Gasteiger partial charge on any atom is -0.387 e. The molecule has 2 amide bonds. The van der Waals surface area contributed by atoms with E-state index in [2.05, 4.69) is 15.6 Å². The Morgan fingerprint density at radius 2 is 1.82 bits per heavy atom. The first-order valence-corrected chi connectivity index (χ1v) is 9.75. The SMILES string of the molecule is CNC(=O)C1(NC(=O)c2cccc(-c3cccc([C@H](C)O)n3)c2)CCCCC1. The fraction of sp³-hybridized carbons (Fsp3) is 0.409. The molecule has 28 heavy (non-hydrogen) atoms. The summed E-state index contributed by atoms with van der Waals surface area (Å²) in [5.74, 6) is -0.401. The lowest BCUT2D eigenvalue weighted by atomic mass is 9.80. The van der Waals surface area contributed by atoms with Gasteiger partial charge in [-0.1, -0.05) is 37.5 Å². The molecular formula is C22H27N3O3. The van der Waals surface area contributed by atoms with Gasteiger partial charge in [0.05, 0.1) is 17.5 Å². The molecule has 6 nitrogen and oxygen atoms in total. The molecule has 0 radical (unpaired) electrons. The molecule has 0 spiro atoms. The molecular weight excluding hydrogens is 354 g/mol. The molecule has 0 aliphatic heterocycles. The van der Waals surface area contributed by atoms with Crippen molar-refractivity contribution >= 4 is 11.8 Å². The Kier molecular flexibility index (Phi) is 6.09. The summed E-state index contributed by atoms with van der Waals surface area (Å²) in [7, 11) is 1.60. The lowest BCUT2D eigenvalue weighted by Crippen LogP contribution is -2.59. The molecule has 1 atom stereocenters. The first-order valence-electron chi connectivity index (χ1n) is 9.75. The van der Waals surface area contributed by atoms with Crippen LogP contribution in [0.15, 0.2) is 42.5 Å². The lowest BCUT2D eigenvalue weighted by molar-refractivity contribution is -0.128. The fourth-order valence-electron chi connectivity index (χ4n) is 3.76. The number of carbonyl (C=O) groups excluding carboxylic acids is 2. The van der Waals surface area contributed by atoms with E-state index in [0.29, 0.717) is 29.8 Å². The van der Waals surface area contributed by atoms with E-state index in [-0.39, 0.29) is 11.8 Å². The van der Waals surface area contributed by atoms with E-state index < -0.39 is 11.6 Å². The van der Waals surface area contributed by atoms with Crippen LogP contribution in [-0.4, -0.2) is 34.5 Å². The third-order valence-corrected chi connectivity index (χ3v) is 5.34. The zero-order chi connectivity index (χ0) is 20.1. The van der Waals surface area contributed by atoms with Crippen LogP contribution >= 0.6 is 0 Å². The molecule has 0 saturated heterocycles. The summed E-state index contributed by atoms with van der Waals surface area (Å²) in [5, 5.41) is 15.5. The lowest BCUT2D eigenvalue weighted by Gasteiger charge is -2.36. The third-order valence-electron chi connectivity index (χ3n) is 5.34. The topological polar surface area (TPSA) is 91.3 Å². The van der Waals surface area contributed by atoms with Crippen LogP contribution in [0, 0.1) is 0 Å². The molecule has 1 aromatic heterocycles. The van der Waals surface area contributed by atoms with Gasteiger partial charge in [-0.05, 0) is 44.0 Å². The smallest absolute Gasteiger partial charge is 0.252 e. The molecule has 2 aromatic rings. The molecule has 3 rings (SSSR count). The van der Waals surface area contributed by atoms with Gasteiger partial charge in [0.25, 0.3) is 5.91 Å². The highest BCUT2D eigenvalue weighted by Gasteiger charge is 2.40. The van der Waals surface area contributed by atoms with Crippen molar-refractivity contribution in [3.8, 4) is 11.3 Å². The number of hydrogen-bond acceptors (Lipinski definition) is 4. The van der Waals surface area contributed by atoms with E-state index in [9.17, 15) is 14.7 Å². The van der Waals surface area contributed by atoms with Gasteiger partial charge in [0.1, 0.15) is 5.54 Å². The second-order valence-corrected chi connectivity index (χ2v) is 7.38. The summed E-state index contributed by atoms with van der Waals surface area (Å²) in [6.07, 6.45) is 3.56. The van der Waals surface area contributed by atoms with Gasteiger partial charge in [0.15, 0.2) is 0 Å². The van der Waals surface area contributed by atoms with Crippen LogP contribution in [-0.2, 0) is 4.79 Å². The van der Waals surface area contributed by atoms with E-state index >= 15 is 0 Å². The van der Waals surface area contributed by atoms with E-state index in [4.69, 9.17) is 0 Å². The Hall–Kier alpha value is -2.73. The summed E-state index contributed by atoms with van der Waals surface area (Å²) < 4.78 is 0. The van der Waals surface area contributed by atoms with Crippen LogP contribution in [0.5, 0.6) is 0 Å². The molecule has 1 aromatic carbocycles. The minimum absolute atomic E-state index is 0.136. The zero-order valence-corrected chi connectivity index (χ0v) is 16.4. The maximum atomic E-state index is 12.9. The van der Waals surface area contributed by atoms with Crippen LogP contribution in [0.2, 0.25) is 0 Å². The maximum absolute atomic E-state index is 12.9. The largest absolute Gasteiger partial charge is 0.387 e. The van der Waals surface area contributed by atoms with Gasteiger partial charge in [-0.15, -0.1) is 0 Å². The number of likely N-dealkylation sites (N-methyl/N-ethyl adjacent to an activating group) is 1. The number of pyridine rings is 1. The summed E-state index contributed by atoms with van der Waals surface area (Å²) in [6, 6.07) is 12.6. The second-order valence-electron chi connectivity index (χ2n) is 7.38. The van der Waals surface area contributed by atoms with Gasteiger partial charge >= 0.3 is 0 Å². The van der Waals surface area contributed by atoms with Crippen molar-refractivity contribution in [3.63, 3.8) is 0 Å². The number of aliphatic hydroxyl groups excluding tert-OH is 1. The Morgan fingerprint density at radius 1 is 1.11 bits per heavy atom. The molecule has 0 unspecified atom stereocenters. The van der Waals surface area contributed by atoms with E-state index in [1.165, 1.54) is 0 Å². The predicted octanol–water partition coefficient (Wildman–Crippen LogP) is 2.98. The van der Waals surface area contributed by atoms with Gasteiger partial charge in [-0.25, -0.2) is 0 Å². The number of aliphatic hydroxyl groups is 1. The van der Waals surface area contributed by atoms with Crippen LogP contribution in [0.4, 0.5) is 0 Å². The highest BCUT2D eigenvalue weighted by atomic mass is 16.3. The molecule has 6 heteroatoms. The summed E-state index contributed by atoms with van der Waals surface area (Å²) in [5.41, 5.74) is 1.69. The normalized spacial score (nSPS) is 16.8. The molecule has 1 saturated carbocycles. The molecule has 1 aliphatic rings. The molecule has 3 N–H and O–H groups in total. The molecule has 0 bridgehead atoms. The van der Waals surface area contributed by atoms with Crippen LogP contribution in [0.3, 0.4) is 0 Å². The Morgan fingerprint density at radius 3 is 2.50 bits per heavy atom. The van der Waals surface area contributed by atoms with Crippen molar-refractivity contribution in [1.82, 2.24) is 15.6 Å². The molecule has 1 heterocycles. The first-order chi connectivity index (χ1) is 13.4. The summed E-state index contributed by atoms with van der Waals surface area (Å²) in [4.78, 5) is 29.9. The molecule has 1 fully saturated rings. The van der Waals surface area contributed by atoms with E-state index in [1.807, 2.05) is 18.2 Å². The average molecular weight is 381 g/mol. The first kappa shape index (κ1) is 20.0. The van der Waals surface area contributed by atoms with Gasteiger partial charge in [0.2, 0.25) is 5.91 Å². The predicted molar refractivity (Wildman–Crippen MR) is 108 cm³/mol. The van der Waals surface area contributed by atoms with E-state index in [1.54, 1.807) is 38.2 Å². The number of hydrogen-bond donors (Lipinski definition) is 3. The van der Waals surface area contributed by atoms with Crippen molar-refractivity contribution < 1.29 is 14.7 Å². The Labute approximate surface area is 165 Å². The fourth-order valence-corrected chi connectivity index (χ4v) is 3.76. The van der Waals surface area contributed by atoms with Crippen molar-refractivity contribution in [2.75, 3.05) is 7.05 Å². The zero-order valence-electron chi connectivity index (χ0n) is 16.4. The summed E-state index contributed by atoms with van der Waals surface area (Å²) in [6.45, 7) is 1.67.